The van der Waals surface area contributed by atoms with Gasteiger partial charge in [0.25, 0.3) is 0 Å². The summed E-state index contributed by atoms with van der Waals surface area (Å²) in [5.41, 5.74) is 0. The van der Waals surface area contributed by atoms with Crippen LogP contribution in [-0.2, 0) is 27.8 Å². The van der Waals surface area contributed by atoms with E-state index in [1.807, 2.05) is 13.6 Å². The van der Waals surface area contributed by atoms with Gasteiger partial charge in [0.15, 0.2) is 8.32 Å². The molecule has 0 saturated carbocycles. The third-order valence-corrected chi connectivity index (χ3v) is 4.60. The first-order valence-electron chi connectivity index (χ1n) is 7.21. The third-order valence-electron chi connectivity index (χ3n) is 3.64. The van der Waals surface area contributed by atoms with E-state index in [1.54, 1.807) is 0 Å². The molecular formula is C11H22B2O6Si. The second-order valence-electron chi connectivity index (χ2n) is 6.62. The predicted octanol–water partition coefficient (Wildman–Crippen LogP) is 1.000. The minimum absolute atomic E-state index is 0.0985. The lowest BCUT2D eigenvalue weighted by molar-refractivity contribution is -0.316. The van der Waals surface area contributed by atoms with Gasteiger partial charge in [-0.1, -0.05) is 0 Å². The van der Waals surface area contributed by atoms with Crippen molar-refractivity contribution in [2.45, 2.75) is 57.4 Å². The zero-order chi connectivity index (χ0) is 14.5. The molecule has 0 aromatic carbocycles. The predicted molar refractivity (Wildman–Crippen MR) is 76.9 cm³/mol. The van der Waals surface area contributed by atoms with Crippen molar-refractivity contribution in [3.8, 4) is 0 Å². The highest BCUT2D eigenvalue weighted by Gasteiger charge is 2.60. The van der Waals surface area contributed by atoms with Crippen LogP contribution < -0.4 is 0 Å². The first-order chi connectivity index (χ1) is 9.29. The summed E-state index contributed by atoms with van der Waals surface area (Å²) in [6.45, 7) is 11.0. The van der Waals surface area contributed by atoms with Gasteiger partial charge in [-0.15, -0.1) is 0 Å². The Morgan fingerprint density at radius 2 is 1.85 bits per heavy atom. The molecule has 3 aliphatic rings. The van der Waals surface area contributed by atoms with Crippen LogP contribution in [0.3, 0.4) is 0 Å². The molecule has 3 heterocycles. The van der Waals surface area contributed by atoms with E-state index in [0.717, 1.165) is 0 Å². The van der Waals surface area contributed by atoms with Crippen LogP contribution >= 0.6 is 0 Å². The number of fused-ring (bicyclic) bond motifs is 3. The molecule has 4 atom stereocenters. The van der Waals surface area contributed by atoms with Gasteiger partial charge in [0.05, 0.1) is 25.4 Å². The SMILES string of the molecule is CB1O[C@@H]2[C@@H](CO[C@@]3(O[Si](C)(C)C)COB(C)O[C@@H]23)O1. The van der Waals surface area contributed by atoms with Crippen LogP contribution in [0.4, 0.5) is 0 Å². The van der Waals surface area contributed by atoms with E-state index in [0.29, 0.717) is 13.2 Å². The number of rotatable bonds is 2. The average Bonchev–Trinajstić information content (AvgIpc) is 2.69. The second kappa shape index (κ2) is 5.08. The molecule has 112 valence electrons. The molecule has 9 heteroatoms. The summed E-state index contributed by atoms with van der Waals surface area (Å²) >= 11 is 0. The van der Waals surface area contributed by atoms with Crippen LogP contribution in [0.2, 0.25) is 33.3 Å². The van der Waals surface area contributed by atoms with Crippen LogP contribution in [-0.4, -0.2) is 59.9 Å². The van der Waals surface area contributed by atoms with Crippen molar-refractivity contribution in [2.75, 3.05) is 13.2 Å². The Labute approximate surface area is 121 Å². The quantitative estimate of drug-likeness (QED) is 0.709. The van der Waals surface area contributed by atoms with E-state index >= 15 is 0 Å². The van der Waals surface area contributed by atoms with Crippen molar-refractivity contribution in [2.24, 2.45) is 0 Å². The summed E-state index contributed by atoms with van der Waals surface area (Å²) in [7, 11) is -2.36. The molecule has 0 aromatic heterocycles. The van der Waals surface area contributed by atoms with Gasteiger partial charge in [0.2, 0.25) is 5.79 Å². The van der Waals surface area contributed by atoms with Gasteiger partial charge < -0.3 is 27.8 Å². The highest BCUT2D eigenvalue weighted by molar-refractivity contribution is 6.69. The van der Waals surface area contributed by atoms with E-state index in [2.05, 4.69) is 19.6 Å². The van der Waals surface area contributed by atoms with Crippen LogP contribution in [0.15, 0.2) is 0 Å². The molecule has 0 aliphatic carbocycles. The lowest BCUT2D eigenvalue weighted by Gasteiger charge is -2.52. The van der Waals surface area contributed by atoms with Gasteiger partial charge in [-0.05, 0) is 33.3 Å². The molecule has 3 fully saturated rings. The molecule has 0 spiro atoms. The molecule has 3 saturated heterocycles. The van der Waals surface area contributed by atoms with Crippen molar-refractivity contribution in [1.29, 1.82) is 0 Å². The normalized spacial score (nSPS) is 41.5. The molecular weight excluding hydrogens is 278 g/mol. The minimum Gasteiger partial charge on any atom is -0.406 e. The molecule has 0 N–H and O–H groups in total. The van der Waals surface area contributed by atoms with E-state index < -0.39 is 14.1 Å². The molecule has 20 heavy (non-hydrogen) atoms. The Morgan fingerprint density at radius 3 is 2.55 bits per heavy atom. The first-order valence-corrected chi connectivity index (χ1v) is 10.6. The molecule has 0 unspecified atom stereocenters. The summed E-state index contributed by atoms with van der Waals surface area (Å²) in [6, 6.07) is 0. The highest BCUT2D eigenvalue weighted by atomic mass is 28.4. The molecule has 3 rings (SSSR count). The zero-order valence-corrected chi connectivity index (χ0v) is 13.8. The van der Waals surface area contributed by atoms with Gasteiger partial charge in [-0.3, -0.25) is 0 Å². The monoisotopic (exact) mass is 300 g/mol. The van der Waals surface area contributed by atoms with Crippen molar-refractivity contribution < 1.29 is 27.8 Å². The largest absolute Gasteiger partial charge is 0.454 e. The summed E-state index contributed by atoms with van der Waals surface area (Å²) in [6.07, 6.45) is -0.582. The first kappa shape index (κ1) is 15.0. The second-order valence-corrected chi connectivity index (χ2v) is 11.0. The standard InChI is InChI=1S/C11H22B2O6Si/c1-12-15-7-11(19-20(3,4)5)10(18-12)9-8(6-14-11)16-13(2)17-9/h8-10H,6-7H2,1-5H3/t8-,9-,10+,11-/m1/s1. The van der Waals surface area contributed by atoms with Crippen LogP contribution in [0, 0.1) is 0 Å². The molecule has 3 aliphatic heterocycles. The topological polar surface area (TPSA) is 55.4 Å². The summed E-state index contributed by atoms with van der Waals surface area (Å²) < 4.78 is 35.5. The molecule has 0 aromatic rings. The minimum atomic E-state index is -1.83. The molecule has 0 bridgehead atoms. The molecule has 6 nitrogen and oxygen atoms in total. The van der Waals surface area contributed by atoms with Gasteiger partial charge in [0.1, 0.15) is 6.10 Å². The summed E-state index contributed by atoms with van der Waals surface area (Å²) in [5, 5.41) is 0. The van der Waals surface area contributed by atoms with Gasteiger partial charge in [-0.2, -0.15) is 0 Å². The highest BCUT2D eigenvalue weighted by Crippen LogP contribution is 2.40. The smallest absolute Gasteiger partial charge is 0.406 e. The van der Waals surface area contributed by atoms with Crippen molar-refractivity contribution in [1.82, 2.24) is 0 Å². The van der Waals surface area contributed by atoms with Gasteiger partial charge in [-0.25, -0.2) is 0 Å². The van der Waals surface area contributed by atoms with Crippen molar-refractivity contribution in [3.63, 3.8) is 0 Å². The summed E-state index contributed by atoms with van der Waals surface area (Å²) in [5.74, 6) is -0.869. The number of hydrogen-bond acceptors (Lipinski definition) is 6. The maximum absolute atomic E-state index is 6.29. The summed E-state index contributed by atoms with van der Waals surface area (Å²) in [4.78, 5) is 0. The van der Waals surface area contributed by atoms with Crippen LogP contribution in [0.5, 0.6) is 0 Å². The number of ether oxygens (including phenoxy) is 1. The Hall–Kier alpha value is 0.107. The number of hydrogen-bond donors (Lipinski definition) is 0. The van der Waals surface area contributed by atoms with Crippen LogP contribution in [0.25, 0.3) is 0 Å². The Bertz CT molecular complexity index is 380. The fourth-order valence-electron chi connectivity index (χ4n) is 3.04. The van der Waals surface area contributed by atoms with Crippen LogP contribution in [0.1, 0.15) is 0 Å². The van der Waals surface area contributed by atoms with Gasteiger partial charge in [0, 0.05) is 0 Å². The molecule has 0 amide bonds. The van der Waals surface area contributed by atoms with E-state index in [-0.39, 0.29) is 32.5 Å². The van der Waals surface area contributed by atoms with E-state index in [1.165, 1.54) is 0 Å². The fraction of sp³-hybridized carbons (Fsp3) is 1.00. The zero-order valence-electron chi connectivity index (χ0n) is 12.8. The lowest BCUT2D eigenvalue weighted by Crippen LogP contribution is -2.70. The average molecular weight is 300 g/mol. The fourth-order valence-corrected chi connectivity index (χ4v) is 4.31. The Kier molecular flexibility index (Phi) is 3.82. The van der Waals surface area contributed by atoms with E-state index in [9.17, 15) is 0 Å². The molecule has 0 radical (unpaired) electrons. The Balaban J connectivity index is 1.86. The van der Waals surface area contributed by atoms with Gasteiger partial charge >= 0.3 is 14.2 Å². The third kappa shape index (κ3) is 2.72. The van der Waals surface area contributed by atoms with E-state index in [4.69, 9.17) is 27.8 Å². The Morgan fingerprint density at radius 1 is 1.10 bits per heavy atom. The van der Waals surface area contributed by atoms with Crippen molar-refractivity contribution >= 4 is 22.6 Å². The lowest BCUT2D eigenvalue weighted by atomic mass is 9.86. The maximum atomic E-state index is 6.29. The maximum Gasteiger partial charge on any atom is 0.454 e. The van der Waals surface area contributed by atoms with Crippen molar-refractivity contribution in [3.05, 3.63) is 0 Å².